The summed E-state index contributed by atoms with van der Waals surface area (Å²) in [6.45, 7) is 0.694. The summed E-state index contributed by atoms with van der Waals surface area (Å²) in [7, 11) is 1.52. The Morgan fingerprint density at radius 3 is 3.00 bits per heavy atom. The predicted octanol–water partition coefficient (Wildman–Crippen LogP) is 1.53. The van der Waals surface area contributed by atoms with Crippen molar-refractivity contribution in [3.05, 3.63) is 21.3 Å². The SMILES string of the molecule is COCC(O)CCNC(=O)c1ccc(Cl)s1. The number of carbonyl (C=O) groups excluding carboxylic acids is 1. The van der Waals surface area contributed by atoms with Crippen LogP contribution in [0.5, 0.6) is 0 Å². The molecule has 0 aliphatic carbocycles. The van der Waals surface area contributed by atoms with Crippen LogP contribution in [0, 0.1) is 0 Å². The van der Waals surface area contributed by atoms with Gasteiger partial charge in [0.25, 0.3) is 5.91 Å². The van der Waals surface area contributed by atoms with Crippen LogP contribution in [0.1, 0.15) is 16.1 Å². The quantitative estimate of drug-likeness (QED) is 0.818. The number of aliphatic hydroxyl groups excluding tert-OH is 1. The average Bonchev–Trinajstić information content (AvgIpc) is 2.65. The van der Waals surface area contributed by atoms with Gasteiger partial charge in [-0.3, -0.25) is 4.79 Å². The molecule has 0 aromatic carbocycles. The normalized spacial score (nSPS) is 12.4. The van der Waals surface area contributed by atoms with Crippen molar-refractivity contribution in [2.24, 2.45) is 0 Å². The first-order chi connectivity index (χ1) is 7.63. The van der Waals surface area contributed by atoms with Crippen molar-refractivity contribution in [2.75, 3.05) is 20.3 Å². The summed E-state index contributed by atoms with van der Waals surface area (Å²) in [6.07, 6.45) is -0.0733. The van der Waals surface area contributed by atoms with Crippen molar-refractivity contribution < 1.29 is 14.6 Å². The second-order valence-electron chi connectivity index (χ2n) is 3.26. The molecule has 90 valence electrons. The lowest BCUT2D eigenvalue weighted by Gasteiger charge is -2.09. The van der Waals surface area contributed by atoms with Crippen LogP contribution in [0.25, 0.3) is 0 Å². The van der Waals surface area contributed by atoms with Gasteiger partial charge in [0.1, 0.15) is 0 Å². The minimum atomic E-state index is -0.544. The van der Waals surface area contributed by atoms with Crippen molar-refractivity contribution >= 4 is 28.8 Å². The summed E-state index contributed by atoms with van der Waals surface area (Å²) in [6, 6.07) is 3.36. The Labute approximate surface area is 103 Å². The van der Waals surface area contributed by atoms with Gasteiger partial charge < -0.3 is 15.2 Å². The van der Waals surface area contributed by atoms with E-state index >= 15 is 0 Å². The number of rotatable bonds is 6. The molecule has 16 heavy (non-hydrogen) atoms. The monoisotopic (exact) mass is 263 g/mol. The zero-order chi connectivity index (χ0) is 12.0. The molecule has 1 unspecified atom stereocenters. The number of amides is 1. The van der Waals surface area contributed by atoms with E-state index in [1.165, 1.54) is 18.4 Å². The molecule has 0 bridgehead atoms. The average molecular weight is 264 g/mol. The van der Waals surface area contributed by atoms with Gasteiger partial charge in [-0.1, -0.05) is 11.6 Å². The van der Waals surface area contributed by atoms with Crippen molar-refractivity contribution in [1.82, 2.24) is 5.32 Å². The van der Waals surface area contributed by atoms with Crippen LogP contribution in [0.4, 0.5) is 0 Å². The number of halogens is 1. The molecule has 0 spiro atoms. The first kappa shape index (κ1) is 13.4. The van der Waals surface area contributed by atoms with Crippen LogP contribution in [-0.4, -0.2) is 37.4 Å². The highest BCUT2D eigenvalue weighted by molar-refractivity contribution is 7.17. The predicted molar refractivity (Wildman–Crippen MR) is 64.2 cm³/mol. The van der Waals surface area contributed by atoms with E-state index in [9.17, 15) is 9.90 Å². The lowest BCUT2D eigenvalue weighted by Crippen LogP contribution is -2.27. The number of thiophene rings is 1. The van der Waals surface area contributed by atoms with E-state index in [0.29, 0.717) is 22.2 Å². The zero-order valence-electron chi connectivity index (χ0n) is 8.90. The minimum Gasteiger partial charge on any atom is -0.391 e. The van der Waals surface area contributed by atoms with Crippen molar-refractivity contribution in [3.8, 4) is 0 Å². The molecular weight excluding hydrogens is 250 g/mol. The van der Waals surface area contributed by atoms with Crippen LogP contribution in [0.2, 0.25) is 4.34 Å². The van der Waals surface area contributed by atoms with Crippen LogP contribution in [-0.2, 0) is 4.74 Å². The molecule has 1 aromatic heterocycles. The fourth-order valence-corrected chi connectivity index (χ4v) is 2.11. The fraction of sp³-hybridized carbons (Fsp3) is 0.500. The highest BCUT2D eigenvalue weighted by atomic mass is 35.5. The Bertz CT molecular complexity index is 343. The second-order valence-corrected chi connectivity index (χ2v) is 4.97. The van der Waals surface area contributed by atoms with E-state index in [2.05, 4.69) is 5.32 Å². The molecule has 1 heterocycles. The number of nitrogens with one attached hydrogen (secondary N) is 1. The molecule has 0 fully saturated rings. The Morgan fingerprint density at radius 1 is 1.69 bits per heavy atom. The number of aliphatic hydroxyl groups is 1. The van der Waals surface area contributed by atoms with Crippen LogP contribution >= 0.6 is 22.9 Å². The van der Waals surface area contributed by atoms with Gasteiger partial charge >= 0.3 is 0 Å². The highest BCUT2D eigenvalue weighted by Crippen LogP contribution is 2.20. The number of carbonyl (C=O) groups is 1. The van der Waals surface area contributed by atoms with Crippen LogP contribution in [0.15, 0.2) is 12.1 Å². The third-order valence-corrected chi connectivity index (χ3v) is 3.15. The topological polar surface area (TPSA) is 58.6 Å². The van der Waals surface area contributed by atoms with Crippen molar-refractivity contribution in [2.45, 2.75) is 12.5 Å². The fourth-order valence-electron chi connectivity index (χ4n) is 1.15. The minimum absolute atomic E-state index is 0.165. The maximum Gasteiger partial charge on any atom is 0.261 e. The van der Waals surface area contributed by atoms with Crippen LogP contribution < -0.4 is 5.32 Å². The van der Waals surface area contributed by atoms with Gasteiger partial charge in [-0.2, -0.15) is 0 Å². The maximum atomic E-state index is 11.5. The smallest absolute Gasteiger partial charge is 0.261 e. The van der Waals surface area contributed by atoms with Crippen molar-refractivity contribution in [3.63, 3.8) is 0 Å². The summed E-state index contributed by atoms with van der Waals surface area (Å²) < 4.78 is 5.36. The molecule has 0 saturated heterocycles. The van der Waals surface area contributed by atoms with Gasteiger partial charge in [0, 0.05) is 13.7 Å². The van der Waals surface area contributed by atoms with E-state index in [0.717, 1.165) is 0 Å². The lowest BCUT2D eigenvalue weighted by molar-refractivity contribution is 0.0588. The second kappa shape index (κ2) is 6.85. The van der Waals surface area contributed by atoms with E-state index in [1.807, 2.05) is 0 Å². The molecule has 4 nitrogen and oxygen atoms in total. The first-order valence-electron chi connectivity index (χ1n) is 4.84. The molecule has 0 aliphatic heterocycles. The Balaban J connectivity index is 2.25. The highest BCUT2D eigenvalue weighted by Gasteiger charge is 2.09. The maximum absolute atomic E-state index is 11.5. The van der Waals surface area contributed by atoms with Crippen molar-refractivity contribution in [1.29, 1.82) is 0 Å². The molecule has 2 N–H and O–H groups in total. The Kier molecular flexibility index (Phi) is 5.76. The number of methoxy groups -OCH3 is 1. The third-order valence-electron chi connectivity index (χ3n) is 1.92. The lowest BCUT2D eigenvalue weighted by atomic mass is 10.2. The molecule has 6 heteroatoms. The molecule has 0 aliphatic rings. The van der Waals surface area contributed by atoms with Crippen LogP contribution in [0.3, 0.4) is 0 Å². The third kappa shape index (κ3) is 4.49. The van der Waals surface area contributed by atoms with Gasteiger partial charge in [-0.15, -0.1) is 11.3 Å². The first-order valence-corrected chi connectivity index (χ1v) is 6.03. The van der Waals surface area contributed by atoms with E-state index in [-0.39, 0.29) is 12.5 Å². The molecule has 1 aromatic rings. The summed E-state index contributed by atoms with van der Waals surface area (Å²) in [4.78, 5) is 12.1. The van der Waals surface area contributed by atoms with Gasteiger partial charge in [-0.05, 0) is 18.6 Å². The Morgan fingerprint density at radius 2 is 2.44 bits per heavy atom. The summed E-state index contributed by atoms with van der Waals surface area (Å²) >= 11 is 6.94. The number of hydrogen-bond donors (Lipinski definition) is 2. The van der Waals surface area contributed by atoms with Gasteiger partial charge in [0.15, 0.2) is 0 Å². The molecule has 0 radical (unpaired) electrons. The van der Waals surface area contributed by atoms with E-state index in [1.54, 1.807) is 12.1 Å². The number of ether oxygens (including phenoxy) is 1. The molecule has 0 saturated carbocycles. The van der Waals surface area contributed by atoms with E-state index in [4.69, 9.17) is 16.3 Å². The zero-order valence-corrected chi connectivity index (χ0v) is 10.5. The van der Waals surface area contributed by atoms with Gasteiger partial charge in [0.05, 0.1) is 21.9 Å². The number of hydrogen-bond acceptors (Lipinski definition) is 4. The standard InChI is InChI=1S/C10H14ClNO3S/c1-15-6-7(13)4-5-12-10(14)8-2-3-9(11)16-8/h2-3,7,13H,4-6H2,1H3,(H,12,14). The van der Waals surface area contributed by atoms with Gasteiger partial charge in [-0.25, -0.2) is 0 Å². The molecule has 1 atom stereocenters. The summed E-state index contributed by atoms with van der Waals surface area (Å²) in [5.41, 5.74) is 0. The summed E-state index contributed by atoms with van der Waals surface area (Å²) in [5.74, 6) is -0.165. The molecule has 1 rings (SSSR count). The summed E-state index contributed by atoms with van der Waals surface area (Å²) in [5, 5.41) is 12.0. The van der Waals surface area contributed by atoms with E-state index < -0.39 is 6.10 Å². The molecule has 1 amide bonds. The van der Waals surface area contributed by atoms with Gasteiger partial charge in [0.2, 0.25) is 0 Å². The molecular formula is C10H14ClNO3S. The largest absolute Gasteiger partial charge is 0.391 e. The Hall–Kier alpha value is -0.620.